The van der Waals surface area contributed by atoms with Crippen LogP contribution in [0.3, 0.4) is 0 Å². The van der Waals surface area contributed by atoms with Crippen LogP contribution < -0.4 is 4.72 Å². The molecule has 8 heteroatoms. The zero-order valence-corrected chi connectivity index (χ0v) is 13.8. The zero-order valence-electron chi connectivity index (χ0n) is 11.3. The van der Waals surface area contributed by atoms with Crippen LogP contribution in [-0.4, -0.2) is 24.5 Å². The molecule has 0 unspecified atom stereocenters. The van der Waals surface area contributed by atoms with Crippen molar-refractivity contribution in [2.24, 2.45) is 7.05 Å². The predicted octanol–water partition coefficient (Wildman–Crippen LogP) is 2.67. The molecule has 0 radical (unpaired) electrons. The molecule has 5 nitrogen and oxygen atoms in total. The van der Waals surface area contributed by atoms with Crippen molar-refractivity contribution < 1.29 is 8.42 Å². The number of aryl methyl sites for hydroxylation is 2. The fraction of sp³-hybridized carbons (Fsp3) is 0.250. The summed E-state index contributed by atoms with van der Waals surface area (Å²) in [6.45, 7) is 1.67. The van der Waals surface area contributed by atoms with Gasteiger partial charge < -0.3 is 0 Å². The molecule has 2 aromatic rings. The molecule has 0 aliphatic heterocycles. The minimum Gasteiger partial charge on any atom is -0.279 e. The number of hydrogen-bond donors (Lipinski definition) is 1. The number of hydrogen-bond acceptors (Lipinski definition) is 4. The number of benzene rings is 1. The second-order valence-corrected chi connectivity index (χ2v) is 6.62. The number of thioether (sulfide) groups is 1. The Balaban J connectivity index is 0.00000200. The zero-order chi connectivity index (χ0) is 14.0. The van der Waals surface area contributed by atoms with E-state index in [4.69, 9.17) is 0 Å². The third-order valence-corrected chi connectivity index (χ3v) is 4.79. The Hall–Kier alpha value is -1.18. The number of nitrogens with zero attached hydrogens (tertiary/aromatic N) is 2. The van der Waals surface area contributed by atoms with Crippen LogP contribution in [0.25, 0.3) is 0 Å². The quantitative estimate of drug-likeness (QED) is 0.874. The summed E-state index contributed by atoms with van der Waals surface area (Å²) < 4.78 is 28.6. The first kappa shape index (κ1) is 16.9. The van der Waals surface area contributed by atoms with E-state index in [0.29, 0.717) is 11.4 Å². The van der Waals surface area contributed by atoms with E-state index in [1.165, 1.54) is 10.9 Å². The minimum atomic E-state index is -3.59. The molecule has 1 aromatic carbocycles. The first-order valence-electron chi connectivity index (χ1n) is 5.59. The highest BCUT2D eigenvalue weighted by Crippen LogP contribution is 2.22. The summed E-state index contributed by atoms with van der Waals surface area (Å²) >= 11 is 1.56. The maximum absolute atomic E-state index is 12.3. The molecule has 1 heterocycles. The van der Waals surface area contributed by atoms with E-state index in [-0.39, 0.29) is 17.3 Å². The van der Waals surface area contributed by atoms with Gasteiger partial charge in [0.15, 0.2) is 0 Å². The molecule has 0 aliphatic carbocycles. The molecular weight excluding hydrogens is 318 g/mol. The molecule has 20 heavy (non-hydrogen) atoms. The molecule has 0 aliphatic rings. The van der Waals surface area contributed by atoms with Gasteiger partial charge in [-0.05, 0) is 31.4 Å². The lowest BCUT2D eigenvalue weighted by Crippen LogP contribution is -2.13. The molecule has 0 saturated carbocycles. The Morgan fingerprint density at radius 1 is 1.35 bits per heavy atom. The molecule has 1 aromatic heterocycles. The lowest BCUT2D eigenvalue weighted by atomic mass is 10.3. The van der Waals surface area contributed by atoms with Crippen molar-refractivity contribution >= 4 is 39.9 Å². The molecule has 0 saturated heterocycles. The van der Waals surface area contributed by atoms with Gasteiger partial charge in [-0.3, -0.25) is 9.40 Å². The summed E-state index contributed by atoms with van der Waals surface area (Å²) in [6.07, 6.45) is 3.44. The number of sulfonamides is 1. The van der Waals surface area contributed by atoms with Crippen molar-refractivity contribution in [1.29, 1.82) is 0 Å². The molecule has 0 spiro atoms. The van der Waals surface area contributed by atoms with E-state index in [0.717, 1.165) is 4.90 Å². The Bertz CT molecular complexity index is 698. The van der Waals surface area contributed by atoms with Gasteiger partial charge in [-0.1, -0.05) is 6.07 Å². The molecule has 0 amide bonds. The van der Waals surface area contributed by atoms with Gasteiger partial charge in [0.05, 0.1) is 5.69 Å². The fourth-order valence-electron chi connectivity index (χ4n) is 1.74. The summed E-state index contributed by atoms with van der Waals surface area (Å²) in [5, 5.41) is 4.05. The minimum absolute atomic E-state index is 0. The highest BCUT2D eigenvalue weighted by Gasteiger charge is 2.19. The number of anilines is 1. The molecule has 2 rings (SSSR count). The van der Waals surface area contributed by atoms with Gasteiger partial charge in [0.2, 0.25) is 0 Å². The Morgan fingerprint density at radius 3 is 2.60 bits per heavy atom. The summed E-state index contributed by atoms with van der Waals surface area (Å²) in [5.41, 5.74) is 1.03. The van der Waals surface area contributed by atoms with E-state index in [1.807, 2.05) is 18.4 Å². The van der Waals surface area contributed by atoms with Crippen molar-refractivity contribution in [3.8, 4) is 0 Å². The second kappa shape index (κ2) is 6.51. The van der Waals surface area contributed by atoms with Crippen LogP contribution in [0.2, 0.25) is 0 Å². The van der Waals surface area contributed by atoms with Gasteiger partial charge in [-0.25, -0.2) is 8.42 Å². The standard InChI is InChI=1S/C12H15N3O2S2.ClH/c1-9-12(8-15(2)13-9)19(16,17)14-10-5-4-6-11(7-10)18-3;/h4-8,14H,1-3H3;1H. The lowest BCUT2D eigenvalue weighted by Gasteiger charge is -2.07. The molecule has 1 N–H and O–H groups in total. The van der Waals surface area contributed by atoms with Gasteiger partial charge in [-0.2, -0.15) is 5.10 Å². The Labute approximate surface area is 129 Å². The van der Waals surface area contributed by atoms with Gasteiger partial charge >= 0.3 is 0 Å². The first-order chi connectivity index (χ1) is 8.92. The third kappa shape index (κ3) is 3.68. The van der Waals surface area contributed by atoms with E-state index < -0.39 is 10.0 Å². The van der Waals surface area contributed by atoms with Gasteiger partial charge in [0, 0.05) is 23.8 Å². The highest BCUT2D eigenvalue weighted by molar-refractivity contribution is 7.98. The summed E-state index contributed by atoms with van der Waals surface area (Å²) in [4.78, 5) is 1.20. The lowest BCUT2D eigenvalue weighted by molar-refractivity contribution is 0.600. The first-order valence-corrected chi connectivity index (χ1v) is 8.30. The van der Waals surface area contributed by atoms with Crippen LogP contribution >= 0.6 is 24.2 Å². The van der Waals surface area contributed by atoms with Crippen molar-refractivity contribution in [2.75, 3.05) is 11.0 Å². The summed E-state index contributed by atoms with van der Waals surface area (Å²) in [5.74, 6) is 0. The topological polar surface area (TPSA) is 64.0 Å². The van der Waals surface area contributed by atoms with Crippen LogP contribution in [0.5, 0.6) is 0 Å². The van der Waals surface area contributed by atoms with E-state index in [9.17, 15) is 8.42 Å². The molecule has 0 bridgehead atoms. The maximum atomic E-state index is 12.3. The number of halogens is 1. The van der Waals surface area contributed by atoms with E-state index >= 15 is 0 Å². The average molecular weight is 334 g/mol. The number of rotatable bonds is 4. The highest BCUT2D eigenvalue weighted by atomic mass is 35.5. The van der Waals surface area contributed by atoms with Crippen molar-refractivity contribution in [1.82, 2.24) is 9.78 Å². The Morgan fingerprint density at radius 2 is 2.05 bits per heavy atom. The fourth-order valence-corrected chi connectivity index (χ4v) is 3.47. The van der Waals surface area contributed by atoms with Gasteiger partial charge in [0.25, 0.3) is 10.0 Å². The summed E-state index contributed by atoms with van der Waals surface area (Å²) in [6, 6.07) is 7.27. The van der Waals surface area contributed by atoms with Gasteiger partial charge in [0.1, 0.15) is 4.90 Å². The predicted molar refractivity (Wildman–Crippen MR) is 84.2 cm³/mol. The van der Waals surface area contributed by atoms with Gasteiger partial charge in [-0.15, -0.1) is 24.2 Å². The van der Waals surface area contributed by atoms with Crippen molar-refractivity contribution in [3.05, 3.63) is 36.2 Å². The normalized spacial score (nSPS) is 10.9. The average Bonchev–Trinajstić information content (AvgIpc) is 2.69. The third-order valence-electron chi connectivity index (χ3n) is 2.58. The molecular formula is C12H16ClN3O2S2. The Kier molecular flexibility index (Phi) is 5.50. The van der Waals surface area contributed by atoms with Crippen LogP contribution in [0, 0.1) is 6.92 Å². The summed E-state index contributed by atoms with van der Waals surface area (Å²) in [7, 11) is -1.90. The molecule has 0 fully saturated rings. The van der Waals surface area contributed by atoms with E-state index in [2.05, 4.69) is 9.82 Å². The van der Waals surface area contributed by atoms with Crippen LogP contribution in [0.1, 0.15) is 5.69 Å². The van der Waals surface area contributed by atoms with Crippen molar-refractivity contribution in [2.45, 2.75) is 16.7 Å². The SMILES string of the molecule is CSc1cccc(NS(=O)(=O)c2cn(C)nc2C)c1.Cl. The largest absolute Gasteiger partial charge is 0.279 e. The van der Waals surface area contributed by atoms with Crippen LogP contribution in [0.15, 0.2) is 40.3 Å². The van der Waals surface area contributed by atoms with Crippen LogP contribution in [-0.2, 0) is 17.1 Å². The smallest absolute Gasteiger partial charge is 0.265 e. The number of nitrogens with one attached hydrogen (secondary N) is 1. The molecule has 110 valence electrons. The second-order valence-electron chi connectivity index (χ2n) is 4.09. The van der Waals surface area contributed by atoms with E-state index in [1.54, 1.807) is 37.9 Å². The van der Waals surface area contributed by atoms with Crippen molar-refractivity contribution in [3.63, 3.8) is 0 Å². The van der Waals surface area contributed by atoms with Crippen LogP contribution in [0.4, 0.5) is 5.69 Å². The molecule has 0 atom stereocenters. The monoisotopic (exact) mass is 333 g/mol. The maximum Gasteiger partial charge on any atom is 0.265 e. The number of aromatic nitrogens is 2.